The fourth-order valence-corrected chi connectivity index (χ4v) is 9.68. The number of H-pyrrole nitrogens is 1. The second-order valence-electron chi connectivity index (χ2n) is 8.05. The smallest absolute Gasteiger partial charge is 0.284 e. The molecule has 11 heteroatoms. The van der Waals surface area contributed by atoms with Crippen LogP contribution in [0, 0.1) is 0 Å². The van der Waals surface area contributed by atoms with Crippen LogP contribution in [0.2, 0.25) is 0 Å². The van der Waals surface area contributed by atoms with Gasteiger partial charge < -0.3 is 4.98 Å². The lowest BCUT2D eigenvalue weighted by molar-refractivity contribution is 0.598. The summed E-state index contributed by atoms with van der Waals surface area (Å²) < 4.78 is 32.5. The van der Waals surface area contributed by atoms with E-state index in [4.69, 9.17) is 0 Å². The maximum atomic E-state index is 13.2. The van der Waals surface area contributed by atoms with E-state index in [1.807, 2.05) is 26.4 Å². The number of fused-ring (bicyclic) bond motifs is 1. The fourth-order valence-electron chi connectivity index (χ4n) is 4.00. The first-order valence-corrected chi connectivity index (χ1v) is 12.8. The Bertz CT molecular complexity index is 1320. The molecule has 1 aromatic carbocycles. The van der Waals surface area contributed by atoms with Crippen molar-refractivity contribution < 1.29 is 8.42 Å². The number of nitrogens with zero attached hydrogens (tertiary/aromatic N) is 5. The first-order valence-electron chi connectivity index (χ1n) is 9.60. The van der Waals surface area contributed by atoms with E-state index in [0.29, 0.717) is 22.0 Å². The molecule has 2 aliphatic rings. The molecule has 0 bridgehead atoms. The molecule has 0 amide bonds. The van der Waals surface area contributed by atoms with Crippen molar-refractivity contribution in [2.24, 2.45) is 16.5 Å². The van der Waals surface area contributed by atoms with Gasteiger partial charge >= 0.3 is 0 Å². The Hall–Kier alpha value is -2.66. The standard InChI is InChI=1S/C19H23N7O2S2/c1-13-23-24-18(25-30(27,28)15-4-5-16-17(8-15)21-12-20-16)29(13,19(2)6-7-19)11-14-9-22-26(3)10-14/h4-5,8-10,12H,6-7,11H2,1-3H3,(H,20,21)(H,24,25). The molecule has 0 radical (unpaired) electrons. The van der Waals surface area contributed by atoms with Gasteiger partial charge in [-0.3, -0.25) is 10.1 Å². The monoisotopic (exact) mass is 445 g/mol. The maximum absolute atomic E-state index is 13.2. The summed E-state index contributed by atoms with van der Waals surface area (Å²) >= 11 is 0. The third kappa shape index (κ3) is 2.87. The normalized spacial score (nSPS) is 26.4. The van der Waals surface area contributed by atoms with Crippen molar-refractivity contribution in [1.82, 2.24) is 25.2 Å². The van der Waals surface area contributed by atoms with Gasteiger partial charge in [-0.1, -0.05) is 6.92 Å². The van der Waals surface area contributed by atoms with E-state index in [9.17, 15) is 8.42 Å². The summed E-state index contributed by atoms with van der Waals surface area (Å²) in [6.45, 7) is 4.19. The summed E-state index contributed by atoms with van der Waals surface area (Å²) in [6, 6.07) is 4.80. The molecule has 9 nitrogen and oxygen atoms in total. The third-order valence-electron chi connectivity index (χ3n) is 5.97. The van der Waals surface area contributed by atoms with Crippen LogP contribution in [0.5, 0.6) is 0 Å². The highest BCUT2D eigenvalue weighted by Crippen LogP contribution is 2.74. The topological polar surface area (TPSA) is 117 Å². The van der Waals surface area contributed by atoms with E-state index >= 15 is 0 Å². The van der Waals surface area contributed by atoms with E-state index in [1.54, 1.807) is 29.2 Å². The SMILES string of the molecule is CC1=NN/C(=N\S(=O)(=O)c2ccc3nc[nH]c3c2)S1(Cc1cnn(C)c1)C1(C)CC1. The Morgan fingerprint density at radius 1 is 1.33 bits per heavy atom. The number of sulfonamides is 1. The zero-order valence-corrected chi connectivity index (χ0v) is 18.6. The Balaban J connectivity index is 1.61. The van der Waals surface area contributed by atoms with Gasteiger partial charge in [-0.15, -0.1) is 14.4 Å². The molecular weight excluding hydrogens is 422 g/mol. The summed E-state index contributed by atoms with van der Waals surface area (Å²) in [6.07, 6.45) is 7.40. The number of hydrogen-bond acceptors (Lipinski definition) is 5. The molecule has 3 aromatic rings. The number of benzene rings is 1. The van der Waals surface area contributed by atoms with Gasteiger partial charge in [-0.2, -0.15) is 18.6 Å². The number of aromatic nitrogens is 4. The summed E-state index contributed by atoms with van der Waals surface area (Å²) in [5, 5.41) is 10.2. The number of aromatic amines is 1. The Morgan fingerprint density at radius 3 is 2.83 bits per heavy atom. The molecule has 1 aliphatic carbocycles. The third-order valence-corrected chi connectivity index (χ3v) is 12.2. The van der Waals surface area contributed by atoms with Crippen LogP contribution >= 0.6 is 10.0 Å². The molecule has 1 unspecified atom stereocenters. The van der Waals surface area contributed by atoms with E-state index in [2.05, 4.69) is 36.9 Å². The van der Waals surface area contributed by atoms with Crippen molar-refractivity contribution in [1.29, 1.82) is 0 Å². The summed E-state index contributed by atoms with van der Waals surface area (Å²) in [7, 11) is -3.81. The number of imidazole rings is 1. The number of amidine groups is 1. The lowest BCUT2D eigenvalue weighted by Crippen LogP contribution is -2.32. The van der Waals surface area contributed by atoms with E-state index in [0.717, 1.165) is 23.4 Å². The average Bonchev–Trinajstić information content (AvgIpc) is 3.05. The minimum absolute atomic E-state index is 0.0262. The molecule has 2 N–H and O–H groups in total. The predicted molar refractivity (Wildman–Crippen MR) is 119 cm³/mol. The van der Waals surface area contributed by atoms with Crippen molar-refractivity contribution in [2.75, 3.05) is 0 Å². The van der Waals surface area contributed by atoms with Crippen molar-refractivity contribution in [3.8, 4) is 0 Å². The zero-order valence-electron chi connectivity index (χ0n) is 17.0. The van der Waals surface area contributed by atoms with Crippen LogP contribution < -0.4 is 5.43 Å². The van der Waals surface area contributed by atoms with Gasteiger partial charge in [0.25, 0.3) is 10.0 Å². The van der Waals surface area contributed by atoms with Crippen molar-refractivity contribution in [3.05, 3.63) is 42.5 Å². The van der Waals surface area contributed by atoms with Gasteiger partial charge in [-0.25, -0.2) is 4.98 Å². The Morgan fingerprint density at radius 2 is 2.13 bits per heavy atom. The second-order valence-corrected chi connectivity index (χ2v) is 13.4. The van der Waals surface area contributed by atoms with Crippen LogP contribution in [0.3, 0.4) is 0 Å². The number of nitrogens with one attached hydrogen (secondary N) is 2. The van der Waals surface area contributed by atoms with E-state index in [-0.39, 0.29) is 9.64 Å². The highest BCUT2D eigenvalue weighted by molar-refractivity contribution is 8.56. The van der Waals surface area contributed by atoms with E-state index < -0.39 is 20.1 Å². The van der Waals surface area contributed by atoms with Crippen LogP contribution in [0.1, 0.15) is 32.3 Å². The summed E-state index contributed by atoms with van der Waals surface area (Å²) in [4.78, 5) is 7.23. The first kappa shape index (κ1) is 19.3. The minimum atomic E-state index is -3.92. The van der Waals surface area contributed by atoms with Crippen LogP contribution in [0.15, 0.2) is 51.3 Å². The zero-order chi connectivity index (χ0) is 21.1. The number of aryl methyl sites for hydroxylation is 1. The second kappa shape index (κ2) is 6.42. The fraction of sp³-hybridized carbons (Fsp3) is 0.368. The van der Waals surface area contributed by atoms with Gasteiger partial charge in [0.05, 0.1) is 33.5 Å². The Labute approximate surface area is 176 Å². The quantitative estimate of drug-likeness (QED) is 0.626. The predicted octanol–water partition coefficient (Wildman–Crippen LogP) is 2.84. The van der Waals surface area contributed by atoms with Crippen LogP contribution in [0.25, 0.3) is 11.0 Å². The summed E-state index contributed by atoms with van der Waals surface area (Å²) in [5.74, 6) is 0.674. The van der Waals surface area contributed by atoms with Gasteiger partial charge in [0.1, 0.15) is 0 Å². The number of hydrazone groups is 1. The van der Waals surface area contributed by atoms with Gasteiger partial charge in [0, 0.05) is 23.7 Å². The molecule has 1 saturated carbocycles. The minimum Gasteiger partial charge on any atom is -0.345 e. The number of hydrogen-bond donors (Lipinski definition) is 2. The van der Waals surface area contributed by atoms with Crippen LogP contribution in [-0.4, -0.2) is 43.1 Å². The van der Waals surface area contributed by atoms with Crippen molar-refractivity contribution >= 4 is 41.3 Å². The largest absolute Gasteiger partial charge is 0.345 e. The highest BCUT2D eigenvalue weighted by atomic mass is 32.3. The lowest BCUT2D eigenvalue weighted by atomic mass is 10.3. The molecule has 2 aromatic heterocycles. The molecule has 1 fully saturated rings. The molecule has 5 rings (SSSR count). The summed E-state index contributed by atoms with van der Waals surface area (Å²) in [5.41, 5.74) is 5.40. The van der Waals surface area contributed by atoms with Gasteiger partial charge in [-0.05, 0) is 43.5 Å². The van der Waals surface area contributed by atoms with Gasteiger partial charge in [0.15, 0.2) is 5.17 Å². The lowest BCUT2D eigenvalue weighted by Gasteiger charge is -2.41. The molecule has 30 heavy (non-hydrogen) atoms. The molecule has 0 spiro atoms. The molecular formula is C19H23N7O2S2. The van der Waals surface area contributed by atoms with Crippen LogP contribution in [-0.2, 0) is 22.8 Å². The van der Waals surface area contributed by atoms with Crippen LogP contribution in [0.4, 0.5) is 0 Å². The average molecular weight is 446 g/mol. The highest BCUT2D eigenvalue weighted by Gasteiger charge is 2.59. The molecule has 1 aliphatic heterocycles. The molecule has 0 saturated heterocycles. The molecule has 158 valence electrons. The van der Waals surface area contributed by atoms with Crippen molar-refractivity contribution in [2.45, 2.75) is 42.1 Å². The number of rotatable bonds is 5. The Kier molecular flexibility index (Phi) is 4.13. The van der Waals surface area contributed by atoms with Gasteiger partial charge in [0.2, 0.25) is 0 Å². The first-order chi connectivity index (χ1) is 14.2. The maximum Gasteiger partial charge on any atom is 0.284 e. The van der Waals surface area contributed by atoms with E-state index in [1.165, 1.54) is 0 Å². The molecule has 1 atom stereocenters. The molecule has 3 heterocycles. The van der Waals surface area contributed by atoms with Crippen molar-refractivity contribution in [3.63, 3.8) is 0 Å².